The van der Waals surface area contributed by atoms with E-state index in [1.54, 1.807) is 19.1 Å². The monoisotopic (exact) mass is 214 g/mol. The summed E-state index contributed by atoms with van der Waals surface area (Å²) < 4.78 is 24.7. The third kappa shape index (κ3) is 8.10. The van der Waals surface area contributed by atoms with E-state index in [0.717, 1.165) is 12.8 Å². The summed E-state index contributed by atoms with van der Waals surface area (Å²) in [5.41, 5.74) is 0.0734. The van der Waals surface area contributed by atoms with Gasteiger partial charge in [-0.3, -0.25) is 0 Å². The van der Waals surface area contributed by atoms with Crippen molar-refractivity contribution in [2.45, 2.75) is 46.0 Å². The summed E-state index contributed by atoms with van der Waals surface area (Å²) in [6.45, 7) is 3.88. The van der Waals surface area contributed by atoms with Gasteiger partial charge in [-0.2, -0.15) is 0 Å². The van der Waals surface area contributed by atoms with Gasteiger partial charge in [0, 0.05) is 5.57 Å². The van der Waals surface area contributed by atoms with E-state index in [-0.39, 0.29) is 5.57 Å². The van der Waals surface area contributed by atoms with E-state index in [1.165, 1.54) is 25.0 Å². The summed E-state index contributed by atoms with van der Waals surface area (Å²) in [5, 5.41) is 0. The number of rotatable bonds is 7. The van der Waals surface area contributed by atoms with Crippen LogP contribution in [0, 0.1) is 0 Å². The molecule has 15 heavy (non-hydrogen) atoms. The third-order valence-electron chi connectivity index (χ3n) is 2.01. The fourth-order valence-corrected chi connectivity index (χ4v) is 1.18. The van der Waals surface area contributed by atoms with Crippen molar-refractivity contribution < 1.29 is 8.78 Å². The normalized spacial score (nSPS) is 13.5. The van der Waals surface area contributed by atoms with Gasteiger partial charge in [-0.05, 0) is 19.8 Å². The van der Waals surface area contributed by atoms with Crippen LogP contribution >= 0.6 is 0 Å². The topological polar surface area (TPSA) is 0 Å². The van der Waals surface area contributed by atoms with E-state index in [0.29, 0.717) is 0 Å². The zero-order valence-electron chi connectivity index (χ0n) is 9.55. The van der Waals surface area contributed by atoms with E-state index in [9.17, 15) is 8.78 Å². The van der Waals surface area contributed by atoms with Crippen molar-refractivity contribution in [3.63, 3.8) is 0 Å². The minimum Gasteiger partial charge on any atom is -0.205 e. The molecule has 0 amide bonds. The van der Waals surface area contributed by atoms with Gasteiger partial charge >= 0.3 is 0 Å². The lowest BCUT2D eigenvalue weighted by Gasteiger charge is -1.97. The van der Waals surface area contributed by atoms with Gasteiger partial charge in [-0.1, -0.05) is 50.1 Å². The lowest BCUT2D eigenvalue weighted by Crippen LogP contribution is -1.92. The Hall–Kier alpha value is -0.920. The van der Waals surface area contributed by atoms with Gasteiger partial charge in [0.2, 0.25) is 0 Å². The second kappa shape index (κ2) is 9.63. The number of halogens is 2. The van der Waals surface area contributed by atoms with E-state index in [1.807, 2.05) is 6.08 Å². The number of alkyl halides is 2. The Labute approximate surface area is 91.4 Å². The van der Waals surface area contributed by atoms with Crippen molar-refractivity contribution in [2.24, 2.45) is 0 Å². The molecule has 0 heterocycles. The van der Waals surface area contributed by atoms with Crippen LogP contribution in [0.5, 0.6) is 0 Å². The van der Waals surface area contributed by atoms with Gasteiger partial charge in [0.05, 0.1) is 0 Å². The minimum absolute atomic E-state index is 0.0734. The maximum absolute atomic E-state index is 12.4. The lowest BCUT2D eigenvalue weighted by atomic mass is 10.2. The van der Waals surface area contributed by atoms with Crippen LogP contribution in [0.4, 0.5) is 8.78 Å². The largest absolute Gasteiger partial charge is 0.263 e. The van der Waals surface area contributed by atoms with Gasteiger partial charge in [0.15, 0.2) is 0 Å². The van der Waals surface area contributed by atoms with Gasteiger partial charge in [0.1, 0.15) is 0 Å². The van der Waals surface area contributed by atoms with Crippen molar-refractivity contribution in [3.8, 4) is 0 Å². The second-order valence-electron chi connectivity index (χ2n) is 3.39. The number of allylic oxidation sites excluding steroid dienone is 6. The summed E-state index contributed by atoms with van der Waals surface area (Å²) in [4.78, 5) is 0. The van der Waals surface area contributed by atoms with E-state index >= 15 is 0 Å². The molecule has 0 unspecified atom stereocenters. The molecule has 0 aromatic rings. The molecule has 86 valence electrons. The van der Waals surface area contributed by atoms with Crippen molar-refractivity contribution in [3.05, 3.63) is 36.0 Å². The molecule has 0 bridgehead atoms. The first-order chi connectivity index (χ1) is 7.22. The molecule has 0 saturated carbocycles. The maximum atomic E-state index is 12.4. The molecule has 2 heteroatoms. The van der Waals surface area contributed by atoms with Crippen LogP contribution in [0.3, 0.4) is 0 Å². The quantitative estimate of drug-likeness (QED) is 0.418. The highest BCUT2D eigenvalue weighted by molar-refractivity contribution is 5.25. The lowest BCUT2D eigenvalue weighted by molar-refractivity contribution is 0.194. The van der Waals surface area contributed by atoms with Crippen molar-refractivity contribution in [1.29, 1.82) is 0 Å². The molecule has 0 atom stereocenters. The Kier molecular flexibility index (Phi) is 9.04. The van der Waals surface area contributed by atoms with Gasteiger partial charge in [-0.25, -0.2) is 8.78 Å². The molecule has 0 aliphatic rings. The van der Waals surface area contributed by atoms with Crippen LogP contribution in [0.25, 0.3) is 0 Å². The highest BCUT2D eigenvalue weighted by atomic mass is 19.3. The van der Waals surface area contributed by atoms with Crippen molar-refractivity contribution >= 4 is 0 Å². The molecule has 0 saturated heterocycles. The molecule has 0 nitrogen and oxygen atoms in total. The summed E-state index contributed by atoms with van der Waals surface area (Å²) in [6, 6.07) is 0. The summed E-state index contributed by atoms with van der Waals surface area (Å²) in [6.07, 6.45) is 10.3. The Morgan fingerprint density at radius 1 is 1.27 bits per heavy atom. The van der Waals surface area contributed by atoms with E-state index in [2.05, 4.69) is 6.92 Å². The van der Waals surface area contributed by atoms with Gasteiger partial charge < -0.3 is 0 Å². The molecule has 0 spiro atoms. The smallest absolute Gasteiger partial charge is 0.205 e. The van der Waals surface area contributed by atoms with Crippen LogP contribution in [0.15, 0.2) is 36.0 Å². The van der Waals surface area contributed by atoms with Crippen LogP contribution < -0.4 is 0 Å². The van der Waals surface area contributed by atoms with Crippen molar-refractivity contribution in [2.75, 3.05) is 0 Å². The highest BCUT2D eigenvalue weighted by Gasteiger charge is 2.04. The fraction of sp³-hybridized carbons (Fsp3) is 0.538. The SMILES string of the molecule is C\C=C/C(=C\C=C\CCCCC)C(F)F. The first-order valence-corrected chi connectivity index (χ1v) is 5.50. The van der Waals surface area contributed by atoms with E-state index < -0.39 is 6.43 Å². The molecule has 0 aromatic carbocycles. The van der Waals surface area contributed by atoms with Crippen LogP contribution in [0.1, 0.15) is 39.5 Å². The number of hydrogen-bond donors (Lipinski definition) is 0. The fourth-order valence-electron chi connectivity index (χ4n) is 1.18. The third-order valence-corrected chi connectivity index (χ3v) is 2.01. The molecular formula is C13H20F2. The average molecular weight is 214 g/mol. The molecule has 0 aliphatic heterocycles. The summed E-state index contributed by atoms with van der Waals surface area (Å²) in [7, 11) is 0. The molecule has 0 rings (SSSR count). The van der Waals surface area contributed by atoms with Crippen LogP contribution in [0.2, 0.25) is 0 Å². The molecular weight excluding hydrogens is 194 g/mol. The van der Waals surface area contributed by atoms with Crippen LogP contribution in [-0.2, 0) is 0 Å². The predicted octanol–water partition coefficient (Wildman–Crippen LogP) is 4.89. The Bertz CT molecular complexity index is 225. The average Bonchev–Trinajstić information content (AvgIpc) is 2.21. The molecule has 0 aromatic heterocycles. The summed E-state index contributed by atoms with van der Waals surface area (Å²) >= 11 is 0. The first kappa shape index (κ1) is 14.1. The van der Waals surface area contributed by atoms with Gasteiger partial charge in [-0.15, -0.1) is 0 Å². The number of unbranched alkanes of at least 4 members (excludes halogenated alkanes) is 3. The highest BCUT2D eigenvalue weighted by Crippen LogP contribution is 2.10. The standard InChI is InChI=1S/C13H20F2/c1-3-5-6-7-8-9-11-12(10-4-2)13(14)15/h4,8-11,13H,3,5-7H2,1-2H3/b9-8+,10-4-,12-11+. The molecule has 0 fully saturated rings. The van der Waals surface area contributed by atoms with Crippen LogP contribution in [-0.4, -0.2) is 6.43 Å². The van der Waals surface area contributed by atoms with Crippen molar-refractivity contribution in [1.82, 2.24) is 0 Å². The second-order valence-corrected chi connectivity index (χ2v) is 3.39. The van der Waals surface area contributed by atoms with Gasteiger partial charge in [0.25, 0.3) is 6.43 Å². The van der Waals surface area contributed by atoms with E-state index in [4.69, 9.17) is 0 Å². The Morgan fingerprint density at radius 2 is 2.00 bits per heavy atom. The molecule has 0 N–H and O–H groups in total. The summed E-state index contributed by atoms with van der Waals surface area (Å²) in [5.74, 6) is 0. The molecule has 0 radical (unpaired) electrons. The first-order valence-electron chi connectivity index (χ1n) is 5.50. The Balaban J connectivity index is 3.98. The minimum atomic E-state index is -2.39. The maximum Gasteiger partial charge on any atom is 0.263 e. The zero-order chi connectivity index (χ0) is 11.5. The predicted molar refractivity (Wildman–Crippen MR) is 62.2 cm³/mol. The Morgan fingerprint density at radius 3 is 2.53 bits per heavy atom. The zero-order valence-corrected chi connectivity index (χ0v) is 9.55. The number of hydrogen-bond acceptors (Lipinski definition) is 0. The molecule has 0 aliphatic carbocycles.